The van der Waals surface area contributed by atoms with Crippen LogP contribution in [0, 0.1) is 0 Å². The summed E-state index contributed by atoms with van der Waals surface area (Å²) in [5, 5.41) is 0. The Balaban J connectivity index is 2.76. The fourth-order valence-corrected chi connectivity index (χ4v) is 0.425. The molecule has 2 nitrogen and oxygen atoms in total. The van der Waals surface area contributed by atoms with Gasteiger partial charge in [0.2, 0.25) is 0 Å². The second-order valence-corrected chi connectivity index (χ2v) is 1.30. The molecule has 0 atom stereocenters. The van der Waals surface area contributed by atoms with Crippen molar-refractivity contribution in [2.24, 2.45) is 0 Å². The second kappa shape index (κ2) is 1.82. The van der Waals surface area contributed by atoms with Crippen LogP contribution in [-0.2, 0) is 0 Å². The third-order valence-corrected chi connectivity index (χ3v) is 0.830. The van der Waals surface area contributed by atoms with Crippen molar-refractivity contribution in [3.63, 3.8) is 0 Å². The van der Waals surface area contributed by atoms with Crippen LogP contribution in [0.5, 0.6) is 0 Å². The van der Waals surface area contributed by atoms with E-state index >= 15 is 0 Å². The summed E-state index contributed by atoms with van der Waals surface area (Å²) in [6.45, 7) is 1.97. The maximum absolute atomic E-state index is 3.81. The number of aromatic nitrogens is 2. The number of imidazole rings is 1. The van der Waals surface area contributed by atoms with Crippen molar-refractivity contribution in [3.8, 4) is 0 Å². The number of hydrogen-bond donors (Lipinski definition) is 1. The number of nitrogens with zero attached hydrogens (tertiary/aromatic N) is 1. The quantitative estimate of drug-likeness (QED) is 0.478. The fourth-order valence-electron chi connectivity index (χ4n) is 0.425. The summed E-state index contributed by atoms with van der Waals surface area (Å²) < 4.78 is 0. The van der Waals surface area contributed by atoms with E-state index in [1.807, 2.05) is 14.1 Å². The molecule has 1 aromatic heterocycles. The van der Waals surface area contributed by atoms with Gasteiger partial charge >= 0.3 is 0 Å². The minimum atomic E-state index is 1.07. The van der Waals surface area contributed by atoms with Gasteiger partial charge < -0.3 is 4.98 Å². The number of aromatic amines is 1. The zero-order valence-electron chi connectivity index (χ0n) is 4.18. The summed E-state index contributed by atoms with van der Waals surface area (Å²) >= 11 is 0. The van der Waals surface area contributed by atoms with Crippen molar-refractivity contribution >= 4 is 12.9 Å². The summed E-state index contributed by atoms with van der Waals surface area (Å²) in [6.07, 6.45) is 3.44. The predicted octanol–water partition coefficient (Wildman–Crippen LogP) is -0.213. The summed E-state index contributed by atoms with van der Waals surface area (Å²) in [6, 6.07) is 0. The molecular weight excluding hydrogens is 86.9 g/mol. The third kappa shape index (κ3) is 0.826. The molecule has 1 rings (SSSR count). The lowest BCUT2D eigenvalue weighted by Gasteiger charge is -1.77. The molecule has 0 aliphatic rings. The zero-order valence-corrected chi connectivity index (χ0v) is 4.18. The van der Waals surface area contributed by atoms with Gasteiger partial charge in [-0.05, 0) is 5.59 Å². The minimum Gasteiger partial charge on any atom is -0.357 e. The average molecular weight is 92.9 g/mol. The molecule has 1 heterocycles. The molecule has 0 aliphatic heterocycles. The molecule has 0 fully saturated rings. The highest BCUT2D eigenvalue weighted by atomic mass is 14.8. The van der Waals surface area contributed by atoms with Crippen LogP contribution in [0.25, 0.3) is 0 Å². The van der Waals surface area contributed by atoms with Crippen molar-refractivity contribution in [2.45, 2.75) is 6.82 Å². The molecule has 0 spiro atoms. The van der Waals surface area contributed by atoms with E-state index in [4.69, 9.17) is 0 Å². The smallest absolute Gasteiger partial charge is 0.173 e. The van der Waals surface area contributed by atoms with Crippen molar-refractivity contribution in [3.05, 3.63) is 12.5 Å². The Kier molecular flexibility index (Phi) is 1.15. The highest BCUT2D eigenvalue weighted by molar-refractivity contribution is 6.50. The number of rotatable bonds is 1. The van der Waals surface area contributed by atoms with E-state index in [0.717, 1.165) is 5.59 Å². The number of hydrogen-bond acceptors (Lipinski definition) is 1. The standard InChI is InChI=1S/C4H6BN2/c1-5-4-2-6-3-7-4/h2-3H,1H3,(H,6,7). The van der Waals surface area contributed by atoms with E-state index in [1.165, 1.54) is 0 Å². The normalized spacial score (nSPS) is 8.71. The lowest BCUT2D eigenvalue weighted by Crippen LogP contribution is -2.09. The third-order valence-electron chi connectivity index (χ3n) is 0.830. The van der Waals surface area contributed by atoms with Crippen LogP contribution in [-0.4, -0.2) is 17.2 Å². The van der Waals surface area contributed by atoms with Gasteiger partial charge in [-0.25, -0.2) is 4.98 Å². The van der Waals surface area contributed by atoms with E-state index in [9.17, 15) is 0 Å². The Morgan fingerprint density at radius 3 is 3.00 bits per heavy atom. The molecule has 7 heavy (non-hydrogen) atoms. The lowest BCUT2D eigenvalue weighted by atomic mass is 9.79. The van der Waals surface area contributed by atoms with Gasteiger partial charge in [0.25, 0.3) is 0 Å². The molecule has 35 valence electrons. The molecule has 3 heteroatoms. The van der Waals surface area contributed by atoms with Gasteiger partial charge in [0.05, 0.1) is 6.33 Å². The Labute approximate surface area is 43.2 Å². The van der Waals surface area contributed by atoms with Gasteiger partial charge in [-0.15, -0.1) is 0 Å². The first-order chi connectivity index (χ1) is 3.43. The number of H-pyrrole nitrogens is 1. The molecule has 1 aromatic rings. The molecule has 1 N–H and O–H groups in total. The Morgan fingerprint density at radius 1 is 1.86 bits per heavy atom. The lowest BCUT2D eigenvalue weighted by molar-refractivity contribution is 1.32. The Hall–Kier alpha value is -0.725. The van der Waals surface area contributed by atoms with Gasteiger partial charge in [-0.3, -0.25) is 0 Å². The van der Waals surface area contributed by atoms with Gasteiger partial charge in [-0.2, -0.15) is 0 Å². The second-order valence-electron chi connectivity index (χ2n) is 1.30. The maximum Gasteiger partial charge on any atom is 0.173 e. The fraction of sp³-hybridized carbons (Fsp3) is 0.250. The zero-order chi connectivity index (χ0) is 5.11. The van der Waals surface area contributed by atoms with Crippen LogP contribution in [0.4, 0.5) is 0 Å². The molecule has 1 radical (unpaired) electrons. The van der Waals surface area contributed by atoms with E-state index in [2.05, 4.69) is 9.97 Å². The van der Waals surface area contributed by atoms with E-state index in [-0.39, 0.29) is 0 Å². The van der Waals surface area contributed by atoms with Crippen molar-refractivity contribution in [1.29, 1.82) is 0 Å². The molecule has 0 bridgehead atoms. The summed E-state index contributed by atoms with van der Waals surface area (Å²) in [5.74, 6) is 0. The molecular formula is C4H6BN2. The summed E-state index contributed by atoms with van der Waals surface area (Å²) in [4.78, 5) is 6.73. The minimum absolute atomic E-state index is 1.07. The average Bonchev–Trinajstić information content (AvgIpc) is 2.14. The molecule has 0 aromatic carbocycles. The van der Waals surface area contributed by atoms with Crippen LogP contribution >= 0.6 is 0 Å². The number of nitrogens with one attached hydrogen (secondary N) is 1. The van der Waals surface area contributed by atoms with Crippen LogP contribution in [0.15, 0.2) is 12.5 Å². The largest absolute Gasteiger partial charge is 0.357 e. The molecule has 0 aliphatic carbocycles. The Morgan fingerprint density at radius 2 is 2.71 bits per heavy atom. The van der Waals surface area contributed by atoms with Gasteiger partial charge in [-0.1, -0.05) is 6.82 Å². The van der Waals surface area contributed by atoms with Gasteiger partial charge in [0, 0.05) is 6.20 Å². The SMILES string of the molecule is C[B]c1cnc[nH]1. The molecule has 0 unspecified atom stereocenters. The van der Waals surface area contributed by atoms with Crippen LogP contribution in [0.2, 0.25) is 6.82 Å². The van der Waals surface area contributed by atoms with Crippen molar-refractivity contribution in [1.82, 2.24) is 9.97 Å². The Bertz CT molecular complexity index is 124. The van der Waals surface area contributed by atoms with E-state index < -0.39 is 0 Å². The predicted molar refractivity (Wildman–Crippen MR) is 29.8 cm³/mol. The highest BCUT2D eigenvalue weighted by Crippen LogP contribution is 1.64. The van der Waals surface area contributed by atoms with Crippen molar-refractivity contribution < 1.29 is 0 Å². The molecule has 0 saturated carbocycles. The van der Waals surface area contributed by atoms with Crippen molar-refractivity contribution in [2.75, 3.05) is 0 Å². The van der Waals surface area contributed by atoms with E-state index in [1.54, 1.807) is 12.5 Å². The highest BCUT2D eigenvalue weighted by Gasteiger charge is 1.84. The summed E-state index contributed by atoms with van der Waals surface area (Å²) in [7, 11) is 1.97. The van der Waals surface area contributed by atoms with Crippen LogP contribution in [0.1, 0.15) is 0 Å². The molecule has 0 amide bonds. The molecule has 0 saturated heterocycles. The van der Waals surface area contributed by atoms with Crippen LogP contribution < -0.4 is 5.59 Å². The first kappa shape index (κ1) is 4.43. The monoisotopic (exact) mass is 93.1 g/mol. The first-order valence-corrected chi connectivity index (χ1v) is 2.21. The van der Waals surface area contributed by atoms with Gasteiger partial charge in [0.1, 0.15) is 0 Å². The first-order valence-electron chi connectivity index (χ1n) is 2.21. The van der Waals surface area contributed by atoms with Crippen LogP contribution in [0.3, 0.4) is 0 Å². The maximum atomic E-state index is 3.81. The van der Waals surface area contributed by atoms with Gasteiger partial charge in [0.15, 0.2) is 7.28 Å². The summed E-state index contributed by atoms with van der Waals surface area (Å²) in [5.41, 5.74) is 1.07. The topological polar surface area (TPSA) is 28.7 Å². The van der Waals surface area contributed by atoms with E-state index in [0.29, 0.717) is 0 Å².